The van der Waals surface area contributed by atoms with Crippen LogP contribution < -0.4 is 0 Å². The van der Waals surface area contributed by atoms with Gasteiger partial charge in [0.25, 0.3) is 0 Å². The van der Waals surface area contributed by atoms with Crippen molar-refractivity contribution < 1.29 is 0 Å². The van der Waals surface area contributed by atoms with Crippen LogP contribution in [-0.4, -0.2) is 0 Å². The van der Waals surface area contributed by atoms with Gasteiger partial charge in [0, 0.05) is 0 Å². The standard InChI is InChI=1S/C14H26/c1-8-10-13(14(5,6)7)12(4)11(3)9-2/h3,8-10H2,1-2,4-7H3/b13-12-. The van der Waals surface area contributed by atoms with Crippen LogP contribution in [0, 0.1) is 5.41 Å². The lowest BCUT2D eigenvalue weighted by atomic mass is 9.79. The summed E-state index contributed by atoms with van der Waals surface area (Å²) in [4.78, 5) is 0. The van der Waals surface area contributed by atoms with Crippen LogP contribution in [0.3, 0.4) is 0 Å². The van der Waals surface area contributed by atoms with Gasteiger partial charge in [-0.15, -0.1) is 0 Å². The van der Waals surface area contributed by atoms with Crippen LogP contribution >= 0.6 is 0 Å². The fourth-order valence-electron chi connectivity index (χ4n) is 1.85. The summed E-state index contributed by atoms with van der Waals surface area (Å²) in [5, 5.41) is 0. The van der Waals surface area contributed by atoms with Crippen molar-refractivity contribution in [2.24, 2.45) is 5.41 Å². The van der Waals surface area contributed by atoms with Crippen LogP contribution in [0.2, 0.25) is 0 Å². The summed E-state index contributed by atoms with van der Waals surface area (Å²) >= 11 is 0. The molecule has 0 saturated heterocycles. The van der Waals surface area contributed by atoms with E-state index >= 15 is 0 Å². The predicted octanol–water partition coefficient (Wildman–Crippen LogP) is 5.12. The van der Waals surface area contributed by atoms with Gasteiger partial charge in [0.2, 0.25) is 0 Å². The van der Waals surface area contributed by atoms with Crippen molar-refractivity contribution >= 4 is 0 Å². The fraction of sp³-hybridized carbons (Fsp3) is 0.714. The molecular formula is C14H26. The minimum absolute atomic E-state index is 0.290. The third kappa shape index (κ3) is 3.69. The predicted molar refractivity (Wildman–Crippen MR) is 66.5 cm³/mol. The normalized spacial score (nSPS) is 13.9. The Morgan fingerprint density at radius 2 is 1.64 bits per heavy atom. The maximum Gasteiger partial charge on any atom is -0.0167 e. The molecule has 0 aliphatic carbocycles. The molecular weight excluding hydrogens is 168 g/mol. The zero-order valence-corrected chi connectivity index (χ0v) is 10.8. The molecule has 0 fully saturated rings. The van der Waals surface area contributed by atoms with Crippen molar-refractivity contribution in [2.45, 2.75) is 60.8 Å². The molecule has 82 valence electrons. The van der Waals surface area contributed by atoms with Crippen LogP contribution in [0.25, 0.3) is 0 Å². The molecule has 0 unspecified atom stereocenters. The first kappa shape index (κ1) is 13.5. The monoisotopic (exact) mass is 194 g/mol. The summed E-state index contributed by atoms with van der Waals surface area (Å²) in [6.07, 6.45) is 3.49. The van der Waals surface area contributed by atoms with E-state index in [1.165, 1.54) is 24.0 Å². The summed E-state index contributed by atoms with van der Waals surface area (Å²) in [6, 6.07) is 0. The Bertz CT molecular complexity index is 223. The number of hydrogen-bond acceptors (Lipinski definition) is 0. The number of rotatable bonds is 4. The molecule has 0 aromatic rings. The SMILES string of the molecule is C=C(CC)/C(C)=C(/CCC)C(C)(C)C. The first-order chi connectivity index (χ1) is 6.34. The molecule has 0 atom stereocenters. The van der Waals surface area contributed by atoms with E-state index in [0.717, 1.165) is 6.42 Å². The van der Waals surface area contributed by atoms with E-state index in [2.05, 4.69) is 48.1 Å². The minimum atomic E-state index is 0.290. The van der Waals surface area contributed by atoms with Gasteiger partial charge >= 0.3 is 0 Å². The first-order valence-corrected chi connectivity index (χ1v) is 5.72. The maximum atomic E-state index is 4.13. The molecule has 0 N–H and O–H groups in total. The third-order valence-corrected chi connectivity index (χ3v) is 2.82. The zero-order valence-electron chi connectivity index (χ0n) is 10.8. The molecule has 0 bridgehead atoms. The zero-order chi connectivity index (χ0) is 11.4. The Labute approximate surface area is 90.1 Å². The summed E-state index contributed by atoms with van der Waals surface area (Å²) in [6.45, 7) is 17.7. The first-order valence-electron chi connectivity index (χ1n) is 5.72. The van der Waals surface area contributed by atoms with Crippen molar-refractivity contribution in [1.29, 1.82) is 0 Å². The average Bonchev–Trinajstić information content (AvgIpc) is 2.09. The molecule has 0 heteroatoms. The van der Waals surface area contributed by atoms with E-state index in [4.69, 9.17) is 0 Å². The molecule has 0 aromatic heterocycles. The molecule has 0 aliphatic rings. The van der Waals surface area contributed by atoms with Crippen LogP contribution in [0.15, 0.2) is 23.3 Å². The Hall–Kier alpha value is -0.520. The van der Waals surface area contributed by atoms with E-state index in [-0.39, 0.29) is 5.41 Å². The second-order valence-corrected chi connectivity index (χ2v) is 5.06. The van der Waals surface area contributed by atoms with Gasteiger partial charge in [-0.1, -0.05) is 58.8 Å². The van der Waals surface area contributed by atoms with Crippen molar-refractivity contribution in [2.75, 3.05) is 0 Å². The minimum Gasteiger partial charge on any atom is -0.0956 e. The molecule has 0 aromatic carbocycles. The molecule has 0 nitrogen and oxygen atoms in total. The Morgan fingerprint density at radius 3 is 1.93 bits per heavy atom. The Balaban J connectivity index is 5.05. The average molecular weight is 194 g/mol. The highest BCUT2D eigenvalue weighted by Gasteiger charge is 2.19. The second-order valence-electron chi connectivity index (χ2n) is 5.06. The smallest absolute Gasteiger partial charge is 0.0167 e. The fourth-order valence-corrected chi connectivity index (χ4v) is 1.85. The van der Waals surface area contributed by atoms with Crippen LogP contribution in [0.4, 0.5) is 0 Å². The Morgan fingerprint density at radius 1 is 1.14 bits per heavy atom. The quantitative estimate of drug-likeness (QED) is 0.545. The molecule has 0 heterocycles. The highest BCUT2D eigenvalue weighted by molar-refractivity contribution is 5.33. The number of hydrogen-bond donors (Lipinski definition) is 0. The van der Waals surface area contributed by atoms with Gasteiger partial charge in [-0.3, -0.25) is 0 Å². The van der Waals surface area contributed by atoms with Gasteiger partial charge in [-0.2, -0.15) is 0 Å². The van der Waals surface area contributed by atoms with Gasteiger partial charge in [0.1, 0.15) is 0 Å². The van der Waals surface area contributed by atoms with Crippen LogP contribution in [0.5, 0.6) is 0 Å². The summed E-state index contributed by atoms with van der Waals surface area (Å²) < 4.78 is 0. The van der Waals surface area contributed by atoms with Gasteiger partial charge in [-0.05, 0) is 30.8 Å². The van der Waals surface area contributed by atoms with Gasteiger partial charge < -0.3 is 0 Å². The topological polar surface area (TPSA) is 0 Å². The molecule has 0 spiro atoms. The van der Waals surface area contributed by atoms with Crippen LogP contribution in [0.1, 0.15) is 60.8 Å². The molecule has 14 heavy (non-hydrogen) atoms. The van der Waals surface area contributed by atoms with Crippen molar-refractivity contribution in [3.8, 4) is 0 Å². The lowest BCUT2D eigenvalue weighted by Gasteiger charge is -2.26. The van der Waals surface area contributed by atoms with E-state index < -0.39 is 0 Å². The van der Waals surface area contributed by atoms with E-state index in [9.17, 15) is 0 Å². The third-order valence-electron chi connectivity index (χ3n) is 2.82. The van der Waals surface area contributed by atoms with Gasteiger partial charge in [0.05, 0.1) is 0 Å². The van der Waals surface area contributed by atoms with E-state index in [1.54, 1.807) is 5.57 Å². The van der Waals surface area contributed by atoms with Gasteiger partial charge in [0.15, 0.2) is 0 Å². The second kappa shape index (κ2) is 5.38. The Kier molecular flexibility index (Phi) is 5.18. The van der Waals surface area contributed by atoms with Crippen molar-refractivity contribution in [3.63, 3.8) is 0 Å². The maximum absolute atomic E-state index is 4.13. The summed E-state index contributed by atoms with van der Waals surface area (Å²) in [7, 11) is 0. The highest BCUT2D eigenvalue weighted by Crippen LogP contribution is 2.34. The van der Waals surface area contributed by atoms with Crippen molar-refractivity contribution in [3.05, 3.63) is 23.3 Å². The number of allylic oxidation sites excluding steroid dienone is 3. The van der Waals surface area contributed by atoms with E-state index in [1.807, 2.05) is 0 Å². The van der Waals surface area contributed by atoms with Crippen molar-refractivity contribution in [1.82, 2.24) is 0 Å². The lowest BCUT2D eigenvalue weighted by Crippen LogP contribution is -2.12. The lowest BCUT2D eigenvalue weighted by molar-refractivity contribution is 0.475. The largest absolute Gasteiger partial charge is 0.0956 e. The summed E-state index contributed by atoms with van der Waals surface area (Å²) in [5.74, 6) is 0. The highest BCUT2D eigenvalue weighted by atomic mass is 14.2. The van der Waals surface area contributed by atoms with E-state index in [0.29, 0.717) is 0 Å². The molecule has 0 radical (unpaired) electrons. The molecule has 0 amide bonds. The molecule has 0 aliphatic heterocycles. The summed E-state index contributed by atoms with van der Waals surface area (Å²) in [5.41, 5.74) is 4.59. The van der Waals surface area contributed by atoms with Crippen LogP contribution in [-0.2, 0) is 0 Å². The molecule has 0 rings (SSSR count). The molecule has 0 saturated carbocycles. The van der Waals surface area contributed by atoms with Gasteiger partial charge in [-0.25, -0.2) is 0 Å².